The van der Waals surface area contributed by atoms with Crippen molar-refractivity contribution in [2.24, 2.45) is 39.1 Å². The highest BCUT2D eigenvalue weighted by Crippen LogP contribution is 2.70. The van der Waals surface area contributed by atoms with Crippen molar-refractivity contribution in [3.05, 3.63) is 53.6 Å². The van der Waals surface area contributed by atoms with Crippen molar-refractivity contribution in [3.8, 4) is 0 Å². The van der Waals surface area contributed by atoms with E-state index < -0.39 is 34.1 Å². The minimum absolute atomic E-state index is 0.0711. The number of halogens is 1. The molecule has 0 aromatic heterocycles. The van der Waals surface area contributed by atoms with Crippen molar-refractivity contribution in [2.45, 2.75) is 104 Å². The van der Waals surface area contributed by atoms with E-state index >= 15 is 4.39 Å². The van der Waals surface area contributed by atoms with Gasteiger partial charge in [0, 0.05) is 23.2 Å². The maximum Gasteiger partial charge on any atom is 0.164 e. The molecule has 8 atom stereocenters. The molecule has 40 heavy (non-hydrogen) atoms. The third-order valence-corrected chi connectivity index (χ3v) is 11.0. The molecule has 5 nitrogen and oxygen atoms in total. The molecule has 4 aliphatic rings. The van der Waals surface area contributed by atoms with Gasteiger partial charge in [-0.1, -0.05) is 65.3 Å². The smallest absolute Gasteiger partial charge is 0.164 e. The van der Waals surface area contributed by atoms with Gasteiger partial charge in [0.15, 0.2) is 11.5 Å². The molecule has 0 heterocycles. The largest absolute Gasteiger partial charge is 0.390 e. The maximum atomic E-state index is 17.6. The normalized spacial score (nSPS) is 41.6. The average molecular weight is 551 g/mol. The molecule has 218 valence electrons. The first-order chi connectivity index (χ1) is 18.6. The third kappa shape index (κ3) is 4.15. The zero-order valence-corrected chi connectivity index (χ0v) is 25.2. The molecule has 3 saturated carbocycles. The Labute approximate surface area is 239 Å². The highest BCUT2D eigenvalue weighted by Gasteiger charge is 2.75. The number of aliphatic hydroxyl groups excluding tert-OH is 1. The van der Waals surface area contributed by atoms with E-state index in [4.69, 9.17) is 0 Å². The van der Waals surface area contributed by atoms with Gasteiger partial charge in [-0.25, -0.2) is 4.39 Å². The molecular formula is C34H47FN2O3. The summed E-state index contributed by atoms with van der Waals surface area (Å²) in [4.78, 5) is 13.1. The Balaban J connectivity index is 1.39. The van der Waals surface area contributed by atoms with Crippen LogP contribution in [0, 0.1) is 34.0 Å². The Hall–Kier alpha value is -2.31. The van der Waals surface area contributed by atoms with E-state index in [2.05, 4.69) is 43.4 Å². The lowest BCUT2D eigenvalue weighted by molar-refractivity contribution is -0.218. The number of nitrogens with zero attached hydrogens (tertiary/aromatic N) is 1. The molecule has 3 N–H and O–H groups in total. The third-order valence-electron chi connectivity index (χ3n) is 11.0. The molecule has 4 aliphatic carbocycles. The Bertz CT molecular complexity index is 1260. The van der Waals surface area contributed by atoms with Gasteiger partial charge in [0.1, 0.15) is 5.60 Å². The first kappa shape index (κ1) is 29.2. The molecular weight excluding hydrogens is 503 g/mol. The second-order valence-corrected chi connectivity index (χ2v) is 14.6. The van der Waals surface area contributed by atoms with E-state index in [1.54, 1.807) is 6.92 Å². The summed E-state index contributed by atoms with van der Waals surface area (Å²) in [5.74, 6) is -1.09. The van der Waals surface area contributed by atoms with Gasteiger partial charge in [-0.2, -0.15) is 5.10 Å². The van der Waals surface area contributed by atoms with Crippen LogP contribution in [0.5, 0.6) is 0 Å². The summed E-state index contributed by atoms with van der Waals surface area (Å²) in [6.07, 6.45) is 7.56. The van der Waals surface area contributed by atoms with Gasteiger partial charge in [0.25, 0.3) is 0 Å². The Morgan fingerprint density at radius 1 is 1.18 bits per heavy atom. The second kappa shape index (κ2) is 9.62. The van der Waals surface area contributed by atoms with Gasteiger partial charge >= 0.3 is 0 Å². The van der Waals surface area contributed by atoms with Crippen LogP contribution in [0.3, 0.4) is 0 Å². The number of hydrogen-bond donors (Lipinski definition) is 3. The van der Waals surface area contributed by atoms with Gasteiger partial charge in [-0.3, -0.25) is 10.2 Å². The van der Waals surface area contributed by atoms with Crippen LogP contribution >= 0.6 is 0 Å². The molecule has 0 spiro atoms. The molecule has 0 unspecified atom stereocenters. The quantitative estimate of drug-likeness (QED) is 0.352. The number of benzene rings is 1. The van der Waals surface area contributed by atoms with Gasteiger partial charge in [-0.15, -0.1) is 0 Å². The van der Waals surface area contributed by atoms with Crippen molar-refractivity contribution in [1.29, 1.82) is 0 Å². The van der Waals surface area contributed by atoms with Crippen molar-refractivity contribution in [2.75, 3.05) is 5.43 Å². The molecule has 0 aliphatic heterocycles. The molecule has 0 bridgehead atoms. The lowest BCUT2D eigenvalue weighted by atomic mass is 9.44. The zero-order chi connectivity index (χ0) is 29.3. The minimum Gasteiger partial charge on any atom is -0.390 e. The number of anilines is 1. The number of hydrogen-bond acceptors (Lipinski definition) is 5. The molecule has 1 aromatic carbocycles. The Morgan fingerprint density at radius 2 is 1.85 bits per heavy atom. The Kier molecular flexibility index (Phi) is 7.02. The SMILES string of the molecule is CCC(=O)[C@@]1(O)[C@H](C)C[C@H]2[C@@H]3CCC4=C/C(=N/Nc5ccc(CC(C)(C)C)cc5)C=C[C@]4(C)[C@@]3(F)[C@@H](O)C[C@@]21C. The van der Waals surface area contributed by atoms with Crippen LogP contribution in [0.15, 0.2) is 53.2 Å². The van der Waals surface area contributed by atoms with E-state index in [1.807, 2.05) is 51.1 Å². The number of rotatable bonds is 5. The van der Waals surface area contributed by atoms with Gasteiger partial charge in [0.2, 0.25) is 0 Å². The number of carbonyl (C=O) groups is 1. The van der Waals surface area contributed by atoms with Crippen LogP contribution in [-0.2, 0) is 11.2 Å². The fourth-order valence-corrected chi connectivity index (χ4v) is 8.93. The standard InChI is InChI=1S/C34H47FN2O3/c1-8-28(38)34(40)21(2)17-27-26-14-11-23-18-25(37-36-24-12-9-22(10-13-24)19-30(3,4)5)15-16-31(23,6)33(26,35)29(39)20-32(27,34)7/h9-10,12-13,15-16,18,21,26-27,29,36,39-40H,8,11,14,17,19-20H2,1-7H3/b37-25+/t21-,26+,27+,29+,31+,32+,33+,34+/m1/s1. The number of aliphatic hydroxyl groups is 2. The zero-order valence-electron chi connectivity index (χ0n) is 25.2. The number of alkyl halides is 1. The van der Waals surface area contributed by atoms with E-state index in [0.717, 1.165) is 23.4 Å². The molecule has 0 amide bonds. The van der Waals surface area contributed by atoms with Crippen LogP contribution in [0.4, 0.5) is 10.1 Å². The first-order valence-corrected chi connectivity index (χ1v) is 15.1. The maximum absolute atomic E-state index is 17.6. The van der Waals surface area contributed by atoms with Crippen molar-refractivity contribution >= 4 is 17.2 Å². The number of ketones is 1. The van der Waals surface area contributed by atoms with Gasteiger partial charge in [-0.05, 0) is 86.1 Å². The van der Waals surface area contributed by atoms with Crippen molar-refractivity contribution < 1.29 is 19.4 Å². The Morgan fingerprint density at radius 3 is 2.48 bits per heavy atom. The summed E-state index contributed by atoms with van der Waals surface area (Å²) in [7, 11) is 0. The fraction of sp³-hybridized carbons (Fsp3) is 0.647. The van der Waals surface area contributed by atoms with E-state index in [-0.39, 0.29) is 35.9 Å². The first-order valence-electron chi connectivity index (χ1n) is 15.1. The number of Topliss-reactive ketones (excluding diaryl/α,β-unsaturated/α-hetero) is 1. The summed E-state index contributed by atoms with van der Waals surface area (Å²) in [5.41, 5.74) is 1.93. The van der Waals surface area contributed by atoms with E-state index in [9.17, 15) is 15.0 Å². The summed E-state index contributed by atoms with van der Waals surface area (Å²) in [5, 5.41) is 28.0. The summed E-state index contributed by atoms with van der Waals surface area (Å²) < 4.78 is 17.6. The minimum atomic E-state index is -1.89. The number of fused-ring (bicyclic) bond motifs is 5. The van der Waals surface area contributed by atoms with Crippen molar-refractivity contribution in [3.63, 3.8) is 0 Å². The number of allylic oxidation sites excluding steroid dienone is 4. The molecule has 3 fully saturated rings. The summed E-state index contributed by atoms with van der Waals surface area (Å²) in [6, 6.07) is 8.29. The monoisotopic (exact) mass is 550 g/mol. The number of nitrogens with one attached hydrogen (secondary N) is 1. The fourth-order valence-electron chi connectivity index (χ4n) is 8.93. The average Bonchev–Trinajstić information content (AvgIpc) is 3.09. The summed E-state index contributed by atoms with van der Waals surface area (Å²) >= 11 is 0. The van der Waals surface area contributed by atoms with Crippen LogP contribution in [0.1, 0.15) is 86.1 Å². The highest BCUT2D eigenvalue weighted by molar-refractivity contribution is 6.06. The highest BCUT2D eigenvalue weighted by atomic mass is 19.1. The van der Waals surface area contributed by atoms with Gasteiger partial charge in [0.05, 0.1) is 17.5 Å². The lowest BCUT2D eigenvalue weighted by Crippen LogP contribution is -2.69. The predicted molar refractivity (Wildman–Crippen MR) is 159 cm³/mol. The summed E-state index contributed by atoms with van der Waals surface area (Å²) in [6.45, 7) is 14.2. The van der Waals surface area contributed by atoms with Crippen LogP contribution in [-0.4, -0.2) is 39.1 Å². The van der Waals surface area contributed by atoms with Crippen molar-refractivity contribution in [1.82, 2.24) is 0 Å². The molecule has 6 heteroatoms. The number of carbonyl (C=O) groups excluding carboxylic acids is 1. The topological polar surface area (TPSA) is 81.9 Å². The van der Waals surface area contributed by atoms with E-state index in [1.165, 1.54) is 5.56 Å². The molecule has 1 aromatic rings. The predicted octanol–water partition coefficient (Wildman–Crippen LogP) is 6.80. The van der Waals surface area contributed by atoms with E-state index in [0.29, 0.717) is 19.3 Å². The molecule has 0 radical (unpaired) electrons. The lowest BCUT2D eigenvalue weighted by Gasteiger charge is -2.62. The second-order valence-electron chi connectivity index (χ2n) is 14.6. The van der Waals surface area contributed by atoms with Crippen LogP contribution < -0.4 is 5.43 Å². The molecule has 5 rings (SSSR count). The van der Waals surface area contributed by atoms with Crippen LogP contribution in [0.2, 0.25) is 0 Å². The number of hydrazone groups is 1. The molecule has 0 saturated heterocycles. The van der Waals surface area contributed by atoms with Gasteiger partial charge < -0.3 is 10.2 Å². The van der Waals surface area contributed by atoms with Crippen LogP contribution in [0.25, 0.3) is 0 Å².